The highest BCUT2D eigenvalue weighted by Crippen LogP contribution is 2.36. The van der Waals surface area contributed by atoms with Crippen LogP contribution in [0, 0.1) is 0 Å². The summed E-state index contributed by atoms with van der Waals surface area (Å²) in [6.45, 7) is 0. The molecule has 21 heavy (non-hydrogen) atoms. The number of hydrogen-bond donors (Lipinski definition) is 2. The molecule has 0 aliphatic heterocycles. The molecule has 0 saturated heterocycles. The monoisotopic (exact) mass is 355 g/mol. The van der Waals surface area contributed by atoms with Gasteiger partial charge in [0.2, 0.25) is 5.95 Å². The van der Waals surface area contributed by atoms with Crippen LogP contribution in [0.3, 0.4) is 0 Å². The average Bonchev–Trinajstić information content (AvgIpc) is 2.82. The molecule has 1 heterocycles. The molecule has 3 nitrogen and oxygen atoms in total. The summed E-state index contributed by atoms with van der Waals surface area (Å²) >= 11 is 2.91. The quantitative estimate of drug-likeness (QED) is 0.672. The van der Waals surface area contributed by atoms with E-state index in [1.54, 1.807) is 6.07 Å². The van der Waals surface area contributed by atoms with Crippen molar-refractivity contribution in [3.05, 3.63) is 52.5 Å². The topological polar surface area (TPSA) is 40.7 Å². The maximum absolute atomic E-state index is 12.9. The van der Waals surface area contributed by atoms with Crippen molar-refractivity contribution in [3.63, 3.8) is 0 Å². The van der Waals surface area contributed by atoms with Crippen molar-refractivity contribution in [2.45, 2.75) is 6.18 Å². The minimum Gasteiger partial charge on any atom is -0.326 e. The lowest BCUT2D eigenvalue weighted by Crippen LogP contribution is -2.06. The molecule has 3 rings (SSSR count). The van der Waals surface area contributed by atoms with Gasteiger partial charge in [0, 0.05) is 10.2 Å². The van der Waals surface area contributed by atoms with Gasteiger partial charge in [-0.25, -0.2) is 4.98 Å². The van der Waals surface area contributed by atoms with Crippen molar-refractivity contribution in [2.24, 2.45) is 0 Å². The summed E-state index contributed by atoms with van der Waals surface area (Å²) in [5.74, 6) is 0.395. The van der Waals surface area contributed by atoms with Gasteiger partial charge in [0.05, 0.1) is 16.6 Å². The molecule has 0 amide bonds. The highest BCUT2D eigenvalue weighted by atomic mass is 79.9. The van der Waals surface area contributed by atoms with E-state index in [1.165, 1.54) is 6.07 Å². The van der Waals surface area contributed by atoms with E-state index in [1.807, 2.05) is 24.3 Å². The Balaban J connectivity index is 1.94. The molecule has 0 atom stereocenters. The van der Waals surface area contributed by atoms with Crippen LogP contribution >= 0.6 is 15.9 Å². The van der Waals surface area contributed by atoms with Crippen molar-refractivity contribution < 1.29 is 13.2 Å². The third kappa shape index (κ3) is 2.87. The lowest BCUT2D eigenvalue weighted by Gasteiger charge is -2.11. The summed E-state index contributed by atoms with van der Waals surface area (Å²) in [5, 5.41) is 2.85. The molecule has 2 aromatic carbocycles. The van der Waals surface area contributed by atoms with Crippen LogP contribution in [0.1, 0.15) is 5.56 Å². The average molecular weight is 356 g/mol. The van der Waals surface area contributed by atoms with Crippen LogP contribution in [0.2, 0.25) is 0 Å². The molecule has 7 heteroatoms. The van der Waals surface area contributed by atoms with Crippen LogP contribution in [-0.4, -0.2) is 9.97 Å². The molecule has 0 saturated carbocycles. The van der Waals surface area contributed by atoms with E-state index in [2.05, 4.69) is 31.2 Å². The van der Waals surface area contributed by atoms with Gasteiger partial charge in [-0.2, -0.15) is 13.2 Å². The van der Waals surface area contributed by atoms with E-state index in [9.17, 15) is 13.2 Å². The first-order valence-electron chi connectivity index (χ1n) is 6.02. The van der Waals surface area contributed by atoms with Crippen molar-refractivity contribution >= 4 is 38.6 Å². The Morgan fingerprint density at radius 2 is 1.86 bits per heavy atom. The number of anilines is 2. The Morgan fingerprint density at radius 3 is 2.57 bits per heavy atom. The summed E-state index contributed by atoms with van der Waals surface area (Å²) in [4.78, 5) is 7.26. The molecule has 0 aliphatic rings. The zero-order valence-corrected chi connectivity index (χ0v) is 12.1. The van der Waals surface area contributed by atoms with Gasteiger partial charge in [0.15, 0.2) is 0 Å². The van der Waals surface area contributed by atoms with Crippen molar-refractivity contribution in [2.75, 3.05) is 5.32 Å². The number of nitrogens with zero attached hydrogens (tertiary/aromatic N) is 1. The fraction of sp³-hybridized carbons (Fsp3) is 0.0714. The minimum absolute atomic E-state index is 0.00477. The van der Waals surface area contributed by atoms with Crippen LogP contribution in [0.4, 0.5) is 24.8 Å². The van der Waals surface area contributed by atoms with Gasteiger partial charge in [-0.1, -0.05) is 28.1 Å². The molecule has 108 valence electrons. The van der Waals surface area contributed by atoms with Crippen molar-refractivity contribution in [1.29, 1.82) is 0 Å². The SMILES string of the molecule is FC(F)(F)c1cc(Nc2nc3ccccc3[nH]2)ccc1Br. The second-order valence-electron chi connectivity index (χ2n) is 4.42. The molecular formula is C14H9BrF3N3. The maximum Gasteiger partial charge on any atom is 0.417 e. The number of H-pyrrole nitrogens is 1. The third-order valence-electron chi connectivity index (χ3n) is 2.92. The van der Waals surface area contributed by atoms with E-state index in [0.29, 0.717) is 11.6 Å². The van der Waals surface area contributed by atoms with E-state index in [0.717, 1.165) is 17.1 Å². The molecule has 0 bridgehead atoms. The van der Waals surface area contributed by atoms with Gasteiger partial charge in [-0.15, -0.1) is 0 Å². The Hall–Kier alpha value is -2.02. The van der Waals surface area contributed by atoms with E-state index < -0.39 is 11.7 Å². The zero-order valence-electron chi connectivity index (χ0n) is 10.5. The summed E-state index contributed by atoms with van der Waals surface area (Å²) < 4.78 is 38.6. The predicted octanol–water partition coefficient (Wildman–Crippen LogP) is 5.09. The maximum atomic E-state index is 12.9. The smallest absolute Gasteiger partial charge is 0.326 e. The third-order valence-corrected chi connectivity index (χ3v) is 3.62. The number of para-hydroxylation sites is 2. The van der Waals surface area contributed by atoms with Gasteiger partial charge in [-0.3, -0.25) is 0 Å². The summed E-state index contributed by atoms with van der Waals surface area (Å²) in [6, 6.07) is 11.3. The first kappa shape index (κ1) is 13.9. The molecule has 2 N–H and O–H groups in total. The van der Waals surface area contributed by atoms with Crippen LogP contribution in [-0.2, 0) is 6.18 Å². The first-order valence-corrected chi connectivity index (χ1v) is 6.81. The molecule has 0 aliphatic carbocycles. The van der Waals surface area contributed by atoms with Gasteiger partial charge in [-0.05, 0) is 30.3 Å². The molecule has 0 spiro atoms. The fourth-order valence-electron chi connectivity index (χ4n) is 1.97. The second kappa shape index (κ2) is 5.07. The summed E-state index contributed by atoms with van der Waals surface area (Å²) in [6.07, 6.45) is -4.41. The summed E-state index contributed by atoms with van der Waals surface area (Å²) in [5.41, 5.74) is 1.13. The number of aromatic amines is 1. The number of benzene rings is 2. The number of hydrogen-bond acceptors (Lipinski definition) is 2. The number of fused-ring (bicyclic) bond motifs is 1. The van der Waals surface area contributed by atoms with Gasteiger partial charge in [0.1, 0.15) is 0 Å². The summed E-state index contributed by atoms with van der Waals surface area (Å²) in [7, 11) is 0. The van der Waals surface area contributed by atoms with Gasteiger partial charge in [0.25, 0.3) is 0 Å². The van der Waals surface area contributed by atoms with Crippen molar-refractivity contribution in [1.82, 2.24) is 9.97 Å². The van der Waals surface area contributed by atoms with E-state index in [4.69, 9.17) is 0 Å². The van der Waals surface area contributed by atoms with Gasteiger partial charge >= 0.3 is 6.18 Å². The Labute approximate surface area is 126 Å². The number of alkyl halides is 3. The molecular weight excluding hydrogens is 347 g/mol. The lowest BCUT2D eigenvalue weighted by atomic mass is 10.2. The van der Waals surface area contributed by atoms with Crippen LogP contribution in [0.5, 0.6) is 0 Å². The number of rotatable bonds is 2. The standard InChI is InChI=1S/C14H9BrF3N3/c15-10-6-5-8(7-9(10)14(16,17)18)19-13-20-11-3-1-2-4-12(11)21-13/h1-7H,(H2,19,20,21). The number of aromatic nitrogens is 2. The molecule has 0 radical (unpaired) electrons. The highest BCUT2D eigenvalue weighted by molar-refractivity contribution is 9.10. The Kier molecular flexibility index (Phi) is 3.36. The predicted molar refractivity (Wildman–Crippen MR) is 78.5 cm³/mol. The minimum atomic E-state index is -4.41. The van der Waals surface area contributed by atoms with Crippen LogP contribution < -0.4 is 5.32 Å². The number of imidazole rings is 1. The molecule has 1 aromatic heterocycles. The molecule has 3 aromatic rings. The van der Waals surface area contributed by atoms with E-state index >= 15 is 0 Å². The van der Waals surface area contributed by atoms with Crippen molar-refractivity contribution in [3.8, 4) is 0 Å². The fourth-order valence-corrected chi connectivity index (χ4v) is 2.44. The van der Waals surface area contributed by atoms with Crippen LogP contribution in [0.25, 0.3) is 11.0 Å². The number of halogens is 4. The number of nitrogens with one attached hydrogen (secondary N) is 2. The largest absolute Gasteiger partial charge is 0.417 e. The normalized spacial score (nSPS) is 11.8. The molecule has 0 fully saturated rings. The highest BCUT2D eigenvalue weighted by Gasteiger charge is 2.33. The first-order chi connectivity index (χ1) is 9.93. The lowest BCUT2D eigenvalue weighted by molar-refractivity contribution is -0.138. The van der Waals surface area contributed by atoms with Gasteiger partial charge < -0.3 is 10.3 Å². The van der Waals surface area contributed by atoms with Crippen LogP contribution in [0.15, 0.2) is 46.9 Å². The second-order valence-corrected chi connectivity index (χ2v) is 5.27. The Bertz CT molecular complexity index is 763. The zero-order chi connectivity index (χ0) is 15.0. The Morgan fingerprint density at radius 1 is 1.10 bits per heavy atom. The molecule has 0 unspecified atom stereocenters. The van der Waals surface area contributed by atoms with E-state index in [-0.39, 0.29) is 4.47 Å².